The molecule has 216 valence electrons. The molecule has 0 aliphatic carbocycles. The molecule has 1 N–H and O–H groups in total. The van der Waals surface area contributed by atoms with Gasteiger partial charge in [-0.15, -0.1) is 0 Å². The molecule has 0 bridgehead atoms. The van der Waals surface area contributed by atoms with Gasteiger partial charge in [-0.25, -0.2) is 0 Å². The Labute approximate surface area is 251 Å². The Balaban J connectivity index is 1.57. The Kier molecular flexibility index (Phi) is 9.96. The van der Waals surface area contributed by atoms with Crippen LogP contribution in [-0.2, 0) is 11.2 Å². The van der Waals surface area contributed by atoms with E-state index in [0.29, 0.717) is 12.8 Å². The maximum atomic E-state index is 13.8. The lowest BCUT2D eigenvalue weighted by atomic mass is 9.89. The maximum Gasteiger partial charge on any atom is 0.232 e. The summed E-state index contributed by atoms with van der Waals surface area (Å²) in [6.07, 6.45) is 6.22. The summed E-state index contributed by atoms with van der Waals surface area (Å²) in [4.78, 5) is 26.1. The minimum absolute atomic E-state index is 0.0571. The second-order valence-corrected chi connectivity index (χ2v) is 12.4. The predicted octanol–water partition coefficient (Wildman–Crippen LogP) is 9.98. The average Bonchev–Trinajstić information content (AvgIpc) is 2.96. The zero-order valence-electron chi connectivity index (χ0n) is 25.8. The molecule has 0 spiro atoms. The number of aryl methyl sites for hydroxylation is 2. The van der Waals surface area contributed by atoms with Crippen LogP contribution >= 0.6 is 0 Å². The Bertz CT molecular complexity index is 1540. The number of anilines is 1. The highest BCUT2D eigenvalue weighted by Crippen LogP contribution is 2.28. The summed E-state index contributed by atoms with van der Waals surface area (Å²) in [5.74, 6) is -0.290. The molecule has 1 amide bonds. The van der Waals surface area contributed by atoms with Gasteiger partial charge in [-0.1, -0.05) is 124 Å². The van der Waals surface area contributed by atoms with Crippen LogP contribution in [-0.4, -0.2) is 11.7 Å². The zero-order valence-corrected chi connectivity index (χ0v) is 25.8. The third kappa shape index (κ3) is 8.39. The topological polar surface area (TPSA) is 46.2 Å². The number of nitrogens with one attached hydrogen (secondary N) is 1. The molecule has 0 aliphatic rings. The molecule has 4 rings (SSSR count). The molecule has 42 heavy (non-hydrogen) atoms. The van der Waals surface area contributed by atoms with Gasteiger partial charge in [0.1, 0.15) is 0 Å². The SMILES string of the molecule is CCCC(=O)c1ccc(C[C@H](C(=O)Nc2ccc(-c3ccc(C)cc3C)cc2)c2ccc(/C=C/C(C)(C)C)cc2)cc1. The number of rotatable bonds is 10. The number of allylic oxidation sites excluding steroid dienone is 1. The van der Waals surface area contributed by atoms with Gasteiger partial charge < -0.3 is 5.32 Å². The zero-order chi connectivity index (χ0) is 30.3. The molecule has 0 aromatic heterocycles. The van der Waals surface area contributed by atoms with Crippen LogP contribution in [0, 0.1) is 19.3 Å². The third-order valence-corrected chi connectivity index (χ3v) is 7.47. The van der Waals surface area contributed by atoms with Crippen molar-refractivity contribution < 1.29 is 9.59 Å². The van der Waals surface area contributed by atoms with Crippen molar-refractivity contribution in [1.82, 2.24) is 0 Å². The second-order valence-electron chi connectivity index (χ2n) is 12.4. The molecule has 4 aromatic rings. The number of Topliss-reactive ketones (excluding diaryl/α,β-unsaturated/α-hetero) is 1. The van der Waals surface area contributed by atoms with E-state index in [1.807, 2.05) is 43.3 Å². The largest absolute Gasteiger partial charge is 0.326 e. The van der Waals surface area contributed by atoms with Crippen LogP contribution in [0.1, 0.15) is 84.6 Å². The monoisotopic (exact) mass is 557 g/mol. The highest BCUT2D eigenvalue weighted by molar-refractivity contribution is 5.97. The minimum atomic E-state index is -0.387. The van der Waals surface area contributed by atoms with E-state index >= 15 is 0 Å². The van der Waals surface area contributed by atoms with Crippen LogP contribution in [0.2, 0.25) is 0 Å². The number of carbonyl (C=O) groups excluding carboxylic acids is 2. The van der Waals surface area contributed by atoms with Crippen LogP contribution < -0.4 is 5.32 Å². The lowest BCUT2D eigenvalue weighted by molar-refractivity contribution is -0.117. The van der Waals surface area contributed by atoms with Crippen molar-refractivity contribution in [2.45, 2.75) is 66.7 Å². The average molecular weight is 558 g/mol. The van der Waals surface area contributed by atoms with Crippen molar-refractivity contribution >= 4 is 23.5 Å². The van der Waals surface area contributed by atoms with Crippen molar-refractivity contribution in [1.29, 1.82) is 0 Å². The van der Waals surface area contributed by atoms with Crippen molar-refractivity contribution in [2.75, 3.05) is 5.32 Å². The van der Waals surface area contributed by atoms with Crippen molar-refractivity contribution in [3.63, 3.8) is 0 Å². The molecule has 0 aliphatic heterocycles. The van der Waals surface area contributed by atoms with Crippen LogP contribution in [0.15, 0.2) is 97.1 Å². The summed E-state index contributed by atoms with van der Waals surface area (Å²) >= 11 is 0. The van der Waals surface area contributed by atoms with Gasteiger partial charge in [-0.3, -0.25) is 9.59 Å². The van der Waals surface area contributed by atoms with Crippen molar-refractivity contribution in [2.24, 2.45) is 5.41 Å². The van der Waals surface area contributed by atoms with Crippen LogP contribution in [0.3, 0.4) is 0 Å². The van der Waals surface area contributed by atoms with E-state index in [-0.39, 0.29) is 23.0 Å². The Hall–Kier alpha value is -4.24. The van der Waals surface area contributed by atoms with Crippen molar-refractivity contribution in [3.05, 3.63) is 130 Å². The van der Waals surface area contributed by atoms with E-state index in [1.165, 1.54) is 16.7 Å². The van der Waals surface area contributed by atoms with Crippen LogP contribution in [0.25, 0.3) is 17.2 Å². The van der Waals surface area contributed by atoms with Gasteiger partial charge in [-0.2, -0.15) is 0 Å². The number of hydrogen-bond donors (Lipinski definition) is 1. The number of carbonyl (C=O) groups is 2. The van der Waals surface area contributed by atoms with E-state index in [9.17, 15) is 9.59 Å². The molecule has 0 saturated heterocycles. The smallest absolute Gasteiger partial charge is 0.232 e. The summed E-state index contributed by atoms with van der Waals surface area (Å²) in [5, 5.41) is 3.16. The lowest BCUT2D eigenvalue weighted by Crippen LogP contribution is -2.23. The number of benzene rings is 4. The van der Waals surface area contributed by atoms with E-state index in [0.717, 1.165) is 39.9 Å². The van der Waals surface area contributed by atoms with Gasteiger partial charge in [0, 0.05) is 17.7 Å². The first-order valence-corrected chi connectivity index (χ1v) is 14.9. The molecule has 3 nitrogen and oxygen atoms in total. The summed E-state index contributed by atoms with van der Waals surface area (Å²) in [7, 11) is 0. The molecule has 0 unspecified atom stereocenters. The maximum absolute atomic E-state index is 13.8. The van der Waals surface area contributed by atoms with Crippen LogP contribution in [0.5, 0.6) is 0 Å². The summed E-state index contributed by atoms with van der Waals surface area (Å²) in [6, 6.07) is 30.5. The first-order valence-electron chi connectivity index (χ1n) is 14.9. The molecular weight excluding hydrogens is 514 g/mol. The first-order chi connectivity index (χ1) is 20.0. The highest BCUT2D eigenvalue weighted by Gasteiger charge is 2.22. The molecular formula is C39H43NO2. The summed E-state index contributed by atoms with van der Waals surface area (Å²) < 4.78 is 0. The molecule has 3 heteroatoms. The Morgan fingerprint density at radius 1 is 0.833 bits per heavy atom. The van der Waals surface area contributed by atoms with E-state index in [1.54, 1.807) is 0 Å². The molecule has 0 heterocycles. The number of ketones is 1. The lowest BCUT2D eigenvalue weighted by Gasteiger charge is -2.19. The fourth-order valence-corrected chi connectivity index (χ4v) is 5.08. The molecule has 0 saturated carbocycles. The normalized spacial score (nSPS) is 12.3. The van der Waals surface area contributed by atoms with Gasteiger partial charge in [0.15, 0.2) is 5.78 Å². The summed E-state index contributed by atoms with van der Waals surface area (Å²) in [6.45, 7) is 12.8. The fraction of sp³-hybridized carbons (Fsp3) is 0.282. The van der Waals surface area contributed by atoms with Gasteiger partial charge in [-0.05, 0) is 77.6 Å². The van der Waals surface area contributed by atoms with Gasteiger partial charge in [0.05, 0.1) is 5.92 Å². The summed E-state index contributed by atoms with van der Waals surface area (Å²) in [5.41, 5.74) is 9.46. The highest BCUT2D eigenvalue weighted by atomic mass is 16.2. The quantitative estimate of drug-likeness (QED) is 0.197. The molecule has 1 atom stereocenters. The fourth-order valence-electron chi connectivity index (χ4n) is 5.08. The second kappa shape index (κ2) is 13.6. The Morgan fingerprint density at radius 2 is 1.50 bits per heavy atom. The standard InChI is InChI=1S/C39H43NO2/c1-7-8-37(41)33-16-12-30(13-17-33)26-36(32-14-10-29(11-15-32)23-24-39(4,5)6)38(42)40-34-20-18-31(19-21-34)35-22-9-27(2)25-28(35)3/h9-25,36H,7-8,26H2,1-6H3,(H,40,42)/b24-23+/t36-/m0/s1. The molecule has 0 radical (unpaired) electrons. The van der Waals surface area contributed by atoms with E-state index in [4.69, 9.17) is 0 Å². The van der Waals surface area contributed by atoms with E-state index in [2.05, 4.69) is 107 Å². The molecule has 0 fully saturated rings. The Morgan fingerprint density at radius 3 is 2.10 bits per heavy atom. The third-order valence-electron chi connectivity index (χ3n) is 7.47. The van der Waals surface area contributed by atoms with Crippen LogP contribution in [0.4, 0.5) is 5.69 Å². The van der Waals surface area contributed by atoms with Gasteiger partial charge >= 0.3 is 0 Å². The minimum Gasteiger partial charge on any atom is -0.326 e. The number of amides is 1. The molecule has 4 aromatic carbocycles. The van der Waals surface area contributed by atoms with E-state index < -0.39 is 0 Å². The van der Waals surface area contributed by atoms with Crippen molar-refractivity contribution in [3.8, 4) is 11.1 Å². The first kappa shape index (κ1) is 30.7. The van der Waals surface area contributed by atoms with Gasteiger partial charge in [0.25, 0.3) is 0 Å². The predicted molar refractivity (Wildman–Crippen MR) is 177 cm³/mol. The van der Waals surface area contributed by atoms with Gasteiger partial charge in [0.2, 0.25) is 5.91 Å². The number of hydrogen-bond acceptors (Lipinski definition) is 2.